The molecule has 0 atom stereocenters. The van der Waals surface area contributed by atoms with E-state index < -0.39 is 23.6 Å². The van der Waals surface area contributed by atoms with Crippen molar-refractivity contribution in [2.75, 3.05) is 26.2 Å². The zero-order valence-electron chi connectivity index (χ0n) is 18.6. The number of aliphatic carboxylic acids is 1. The number of benzene rings is 2. The second-order valence-corrected chi connectivity index (χ2v) is 9.57. The normalized spacial score (nSPS) is 15.6. The number of β-amino-alcohol motifs (C(OH)–C–C–N with tert-alkyl or cyclic N) is 1. The van der Waals surface area contributed by atoms with Crippen molar-refractivity contribution in [3.63, 3.8) is 0 Å². The van der Waals surface area contributed by atoms with Gasteiger partial charge < -0.3 is 25.2 Å². The Morgan fingerprint density at radius 2 is 1.71 bits per heavy atom. The van der Waals surface area contributed by atoms with Crippen molar-refractivity contribution < 1.29 is 29.3 Å². The molecule has 10 heteroatoms. The lowest BCUT2D eigenvalue weighted by Gasteiger charge is -2.42. The molecule has 1 fully saturated rings. The quantitative estimate of drug-likeness (QED) is 0.461. The predicted octanol–water partition coefficient (Wildman–Crippen LogP) is 2.50. The predicted molar refractivity (Wildman–Crippen MR) is 127 cm³/mol. The van der Waals surface area contributed by atoms with Crippen molar-refractivity contribution in [3.8, 4) is 11.1 Å². The van der Waals surface area contributed by atoms with Gasteiger partial charge in [0.05, 0.1) is 18.1 Å². The van der Waals surface area contributed by atoms with Gasteiger partial charge in [0.2, 0.25) is 0 Å². The van der Waals surface area contributed by atoms with E-state index >= 15 is 0 Å². The maximum Gasteiger partial charge on any atom is 0.407 e. The molecule has 1 aromatic heterocycles. The third-order valence-corrected chi connectivity index (χ3v) is 7.22. The van der Waals surface area contributed by atoms with Crippen molar-refractivity contribution in [1.82, 2.24) is 15.2 Å². The smallest absolute Gasteiger partial charge is 0.407 e. The Labute approximate surface area is 205 Å². The summed E-state index contributed by atoms with van der Waals surface area (Å²) in [5.41, 5.74) is 2.92. The number of fused-ring (bicyclic) bond motifs is 3. The molecule has 1 aliphatic carbocycles. The molecule has 0 spiro atoms. The van der Waals surface area contributed by atoms with Crippen molar-refractivity contribution in [3.05, 3.63) is 75.7 Å². The highest BCUT2D eigenvalue weighted by atomic mass is 32.1. The number of nitrogens with one attached hydrogen (secondary N) is 1. The Hall–Kier alpha value is -3.76. The fraction of sp³-hybridized carbons (Fsp3) is 0.280. The van der Waals surface area contributed by atoms with Crippen LogP contribution in [0.5, 0.6) is 0 Å². The lowest BCUT2D eigenvalue weighted by molar-refractivity contribution is -0.173. The molecular weight excluding hydrogens is 470 g/mol. The summed E-state index contributed by atoms with van der Waals surface area (Å²) in [4.78, 5) is 41.2. The van der Waals surface area contributed by atoms with E-state index in [2.05, 4.69) is 34.6 Å². The third kappa shape index (κ3) is 4.38. The molecule has 0 saturated carbocycles. The van der Waals surface area contributed by atoms with Crippen LogP contribution in [-0.4, -0.2) is 69.9 Å². The van der Waals surface area contributed by atoms with Gasteiger partial charge in [0.15, 0.2) is 5.60 Å². The maximum atomic E-state index is 12.4. The Morgan fingerprint density at radius 3 is 2.34 bits per heavy atom. The zero-order chi connectivity index (χ0) is 24.6. The molecule has 2 amide bonds. The van der Waals surface area contributed by atoms with E-state index in [1.54, 1.807) is 5.38 Å². The van der Waals surface area contributed by atoms with Gasteiger partial charge in [-0.1, -0.05) is 48.5 Å². The number of carboxylic acid groups (broad SMARTS) is 1. The van der Waals surface area contributed by atoms with Gasteiger partial charge in [0.25, 0.3) is 5.91 Å². The molecule has 1 saturated heterocycles. The minimum Gasteiger partial charge on any atom is -0.479 e. The average molecular weight is 494 g/mol. The number of carbonyl (C=O) groups excluding carboxylic acids is 2. The molecule has 0 unspecified atom stereocenters. The van der Waals surface area contributed by atoms with Gasteiger partial charge in [-0.15, -0.1) is 11.3 Å². The van der Waals surface area contributed by atoms with Crippen molar-refractivity contribution >= 4 is 29.3 Å². The van der Waals surface area contributed by atoms with Crippen LogP contribution in [0.2, 0.25) is 0 Å². The summed E-state index contributed by atoms with van der Waals surface area (Å²) in [6.07, 6.45) is -0.102. The first kappa shape index (κ1) is 23.0. The van der Waals surface area contributed by atoms with Gasteiger partial charge in [-0.25, -0.2) is 14.6 Å². The summed E-state index contributed by atoms with van der Waals surface area (Å²) in [5, 5.41) is 23.7. The van der Waals surface area contributed by atoms with Crippen LogP contribution in [0.1, 0.15) is 32.5 Å². The molecule has 0 radical (unpaired) electrons. The first-order valence-electron chi connectivity index (χ1n) is 11.1. The summed E-state index contributed by atoms with van der Waals surface area (Å²) in [7, 11) is 0. The van der Waals surface area contributed by atoms with E-state index in [1.807, 2.05) is 24.3 Å². The second kappa shape index (κ2) is 9.12. The highest BCUT2D eigenvalue weighted by molar-refractivity contribution is 7.09. The van der Waals surface area contributed by atoms with Crippen LogP contribution >= 0.6 is 11.3 Å². The number of alkyl carbamates (subject to hydrolysis) is 1. The SMILES string of the molecule is O=C(NCCc1nc(C(=O)N2CC(O)(C(=O)O)C2)cs1)OCC1c2ccccc2-c2ccccc21. The van der Waals surface area contributed by atoms with Crippen molar-refractivity contribution in [1.29, 1.82) is 0 Å². The van der Waals surface area contributed by atoms with Crippen LogP contribution in [0.4, 0.5) is 4.79 Å². The Balaban J connectivity index is 1.10. The van der Waals surface area contributed by atoms with Gasteiger partial charge in [-0.2, -0.15) is 0 Å². The molecule has 9 nitrogen and oxygen atoms in total. The minimum absolute atomic E-state index is 0.0130. The third-order valence-electron chi connectivity index (χ3n) is 6.31. The first-order chi connectivity index (χ1) is 16.9. The van der Waals surface area contributed by atoms with Gasteiger partial charge in [-0.05, 0) is 22.3 Å². The Morgan fingerprint density at radius 1 is 1.09 bits per heavy atom. The number of hydrogen-bond donors (Lipinski definition) is 3. The van der Waals surface area contributed by atoms with E-state index in [1.165, 1.54) is 16.2 Å². The van der Waals surface area contributed by atoms with Crippen LogP contribution in [0, 0.1) is 0 Å². The lowest BCUT2D eigenvalue weighted by Crippen LogP contribution is -2.67. The van der Waals surface area contributed by atoms with Crippen molar-refractivity contribution in [2.45, 2.75) is 17.9 Å². The summed E-state index contributed by atoms with van der Waals surface area (Å²) in [6, 6.07) is 16.3. The number of rotatable bonds is 7. The molecule has 1 aliphatic heterocycles. The summed E-state index contributed by atoms with van der Waals surface area (Å²) < 4.78 is 5.51. The number of hydrogen-bond acceptors (Lipinski definition) is 7. The summed E-state index contributed by atoms with van der Waals surface area (Å²) in [5.74, 6) is -1.79. The van der Waals surface area contributed by atoms with Gasteiger partial charge in [0.1, 0.15) is 12.3 Å². The lowest BCUT2D eigenvalue weighted by atomic mass is 9.94. The van der Waals surface area contributed by atoms with Crippen LogP contribution in [-0.2, 0) is 16.0 Å². The fourth-order valence-corrected chi connectivity index (χ4v) is 5.24. The number of likely N-dealkylation sites (tertiary alicyclic amines) is 1. The van der Waals surface area contributed by atoms with E-state index in [0.717, 1.165) is 22.3 Å². The number of nitrogens with zero attached hydrogens (tertiary/aromatic N) is 2. The van der Waals surface area contributed by atoms with Crippen LogP contribution < -0.4 is 5.32 Å². The minimum atomic E-state index is -1.89. The number of ether oxygens (including phenoxy) is 1. The molecule has 35 heavy (non-hydrogen) atoms. The van der Waals surface area contributed by atoms with Gasteiger partial charge >= 0.3 is 12.1 Å². The van der Waals surface area contributed by atoms with Gasteiger partial charge in [-0.3, -0.25) is 4.79 Å². The molecule has 180 valence electrons. The number of aliphatic hydroxyl groups is 1. The fourth-order valence-electron chi connectivity index (χ4n) is 4.47. The Bertz CT molecular complexity index is 1250. The van der Waals surface area contributed by atoms with E-state index in [-0.39, 0.29) is 31.3 Å². The molecule has 0 bridgehead atoms. The van der Waals surface area contributed by atoms with Crippen LogP contribution in [0.3, 0.4) is 0 Å². The number of amides is 2. The van der Waals surface area contributed by atoms with E-state index in [0.29, 0.717) is 18.0 Å². The van der Waals surface area contributed by atoms with Crippen LogP contribution in [0.25, 0.3) is 11.1 Å². The molecule has 2 aliphatic rings. The highest BCUT2D eigenvalue weighted by Crippen LogP contribution is 2.44. The standard InChI is InChI=1S/C25H23N3O6S/c29-22(28-13-25(33,14-28)23(30)31)20-12-35-21(27-20)9-10-26-24(32)34-11-19-17-7-3-1-5-15(17)16-6-2-4-8-18(16)19/h1-8,12,19,33H,9-11,13-14H2,(H,26,32)(H,30,31). The molecule has 5 rings (SSSR count). The highest BCUT2D eigenvalue weighted by Gasteiger charge is 2.50. The second-order valence-electron chi connectivity index (χ2n) is 8.63. The zero-order valence-corrected chi connectivity index (χ0v) is 19.5. The topological polar surface area (TPSA) is 129 Å². The number of carbonyl (C=O) groups is 3. The summed E-state index contributed by atoms with van der Waals surface area (Å²) >= 11 is 1.28. The molecular formula is C25H23N3O6S. The molecule has 3 aromatic rings. The molecule has 2 aromatic carbocycles. The number of carboxylic acids is 1. The molecule has 2 heterocycles. The number of aromatic nitrogens is 1. The summed E-state index contributed by atoms with van der Waals surface area (Å²) in [6.45, 7) is -0.0106. The van der Waals surface area contributed by atoms with E-state index in [9.17, 15) is 19.5 Å². The van der Waals surface area contributed by atoms with Gasteiger partial charge in [0, 0.05) is 24.3 Å². The van der Waals surface area contributed by atoms with Crippen LogP contribution in [0.15, 0.2) is 53.9 Å². The largest absolute Gasteiger partial charge is 0.479 e. The first-order valence-corrected chi connectivity index (χ1v) is 12.0. The van der Waals surface area contributed by atoms with E-state index in [4.69, 9.17) is 9.84 Å². The monoisotopic (exact) mass is 493 g/mol. The average Bonchev–Trinajstić information content (AvgIpc) is 3.43. The number of thiazole rings is 1. The Kier molecular flexibility index (Phi) is 6.00. The van der Waals surface area contributed by atoms with Crippen molar-refractivity contribution in [2.24, 2.45) is 0 Å². The molecule has 3 N–H and O–H groups in total. The maximum absolute atomic E-state index is 12.4.